The molecule has 0 aliphatic rings. The molecule has 0 saturated carbocycles. The van der Waals surface area contributed by atoms with Gasteiger partial charge in [0.1, 0.15) is 0 Å². The van der Waals surface area contributed by atoms with Crippen molar-refractivity contribution in [2.24, 2.45) is 0 Å². The van der Waals surface area contributed by atoms with Crippen LogP contribution >= 0.6 is 0 Å². The van der Waals surface area contributed by atoms with E-state index in [4.69, 9.17) is 9.47 Å². The molecule has 0 rings (SSSR count). The zero-order chi connectivity index (χ0) is 45.5. The molecule has 0 amide bonds. The number of carbonyl (C=O) groups excluding carboxylic acids is 2. The number of carbonyl (C=O) groups is 2. The van der Waals surface area contributed by atoms with Crippen molar-refractivity contribution in [3.05, 3.63) is 0 Å². The fraction of sp³-hybridized carbons (Fsp3) is 0.964. The topological polar surface area (TPSA) is 72.8 Å². The van der Waals surface area contributed by atoms with Gasteiger partial charge < -0.3 is 14.6 Å². The molecule has 0 aliphatic carbocycles. The van der Waals surface area contributed by atoms with Gasteiger partial charge in [0.15, 0.2) is 6.10 Å². The van der Waals surface area contributed by atoms with E-state index < -0.39 is 18.0 Å². The molecule has 1 unspecified atom stereocenters. The van der Waals surface area contributed by atoms with Gasteiger partial charge in [0.2, 0.25) is 0 Å². The molecule has 370 valence electrons. The molecule has 5 nitrogen and oxygen atoms in total. The van der Waals surface area contributed by atoms with Crippen molar-refractivity contribution in [1.29, 1.82) is 0 Å². The third-order valence-corrected chi connectivity index (χ3v) is 16.6. The Kier molecular flexibility index (Phi) is 60.4. The van der Waals surface area contributed by atoms with Gasteiger partial charge in [-0.15, -0.1) is 0 Å². The molecule has 2 radical (unpaired) electrons. The fourth-order valence-electron chi connectivity index (χ4n) is 8.24. The van der Waals surface area contributed by atoms with Crippen molar-refractivity contribution in [3.63, 3.8) is 0 Å². The van der Waals surface area contributed by atoms with Crippen LogP contribution in [-0.4, -0.2) is 57.5 Å². The van der Waals surface area contributed by atoms with Crippen LogP contribution in [0.5, 0.6) is 0 Å². The van der Waals surface area contributed by atoms with Gasteiger partial charge >= 0.3 is 183 Å². The van der Waals surface area contributed by atoms with Crippen molar-refractivity contribution in [3.8, 4) is 0 Å². The zero-order valence-electron chi connectivity index (χ0n) is 42.8. The second-order valence-electron chi connectivity index (χ2n) is 19.0. The van der Waals surface area contributed by atoms with Crippen LogP contribution in [0, 0.1) is 0 Å². The van der Waals surface area contributed by atoms with Crippen LogP contribution in [0.3, 0.4) is 0 Å². The second-order valence-corrected chi connectivity index (χ2v) is 23.3. The van der Waals surface area contributed by atoms with Crippen LogP contribution in [-0.2, 0) is 19.1 Å². The predicted octanol–water partition coefficient (Wildman–Crippen LogP) is 18.6. The van der Waals surface area contributed by atoms with Crippen molar-refractivity contribution < 1.29 is 24.2 Å². The summed E-state index contributed by atoms with van der Waals surface area (Å²) in [5.41, 5.74) is 0. The Labute approximate surface area is 400 Å². The van der Waals surface area contributed by atoms with Crippen LogP contribution in [0.2, 0.25) is 8.87 Å². The van der Waals surface area contributed by atoms with E-state index in [-0.39, 0.29) is 27.6 Å². The summed E-state index contributed by atoms with van der Waals surface area (Å²) in [6, 6.07) is 0. The van der Waals surface area contributed by atoms with Crippen LogP contribution in [0.1, 0.15) is 317 Å². The minimum absolute atomic E-state index is 0.00985. The maximum absolute atomic E-state index is 11.6. The normalized spacial score (nSPS) is 11.7. The molecule has 0 saturated heterocycles. The quantitative estimate of drug-likeness (QED) is 0.0373. The Morgan fingerprint density at radius 1 is 0.339 bits per heavy atom. The van der Waals surface area contributed by atoms with Gasteiger partial charge in [0.05, 0.1) is 19.6 Å². The summed E-state index contributed by atoms with van der Waals surface area (Å²) in [7, 11) is 0. The molecule has 0 aromatic rings. The zero-order valence-corrected chi connectivity index (χ0v) is 45.7. The number of aliphatic hydroxyl groups excluding tert-OH is 1. The van der Waals surface area contributed by atoms with E-state index >= 15 is 0 Å². The molecule has 0 spiro atoms. The molecule has 0 aliphatic heterocycles. The maximum atomic E-state index is 11.6. The molecule has 0 fully saturated rings. The van der Waals surface area contributed by atoms with Crippen molar-refractivity contribution in [1.82, 2.24) is 0 Å². The monoisotopic (exact) mass is 985 g/mol. The summed E-state index contributed by atoms with van der Waals surface area (Å²) in [5, 5.41) is 9.69. The summed E-state index contributed by atoms with van der Waals surface area (Å²) in [5.74, 6) is -1.28. The van der Waals surface area contributed by atoms with Crippen molar-refractivity contribution in [2.75, 3.05) is 13.2 Å². The average molecular weight is 984 g/mol. The summed E-state index contributed by atoms with van der Waals surface area (Å²) >= 11 is 0.00985. The Hall–Kier alpha value is -0.301. The molecular weight excluding hydrogens is 871 g/mol. The summed E-state index contributed by atoms with van der Waals surface area (Å²) < 4.78 is 13.4. The summed E-state index contributed by atoms with van der Waals surface area (Å²) in [4.78, 5) is 23.2. The Morgan fingerprint density at radius 2 is 0.565 bits per heavy atom. The van der Waals surface area contributed by atoms with Gasteiger partial charge in [-0.3, -0.25) is 4.79 Å². The first-order chi connectivity index (χ1) is 30.5. The van der Waals surface area contributed by atoms with Crippen LogP contribution < -0.4 is 0 Å². The van der Waals surface area contributed by atoms with Gasteiger partial charge in [-0.2, -0.15) is 0 Å². The van der Waals surface area contributed by atoms with Crippen LogP contribution in [0.4, 0.5) is 0 Å². The first-order valence-electron chi connectivity index (χ1n) is 28.2. The number of rotatable bonds is 51. The van der Waals surface area contributed by atoms with Gasteiger partial charge in [0.25, 0.3) is 0 Å². The number of aliphatic hydroxyl groups is 1. The second kappa shape index (κ2) is 58.7. The fourth-order valence-corrected chi connectivity index (χ4v) is 11.8. The van der Waals surface area contributed by atoms with E-state index in [1.165, 1.54) is 231 Å². The Bertz CT molecular complexity index is 803. The predicted molar refractivity (Wildman–Crippen MR) is 274 cm³/mol. The third kappa shape index (κ3) is 57.7. The Morgan fingerprint density at radius 3 is 0.839 bits per heavy atom. The third-order valence-electron chi connectivity index (χ3n) is 12.5. The van der Waals surface area contributed by atoms with Gasteiger partial charge in [0, 0.05) is 0 Å². The molecule has 1 atom stereocenters. The molecule has 1 N–H and O–H groups in total. The first kappa shape index (κ1) is 63.8. The molecule has 6 heteroatoms. The van der Waals surface area contributed by atoms with E-state index in [0.717, 1.165) is 38.5 Å². The van der Waals surface area contributed by atoms with Crippen molar-refractivity contribution >= 4 is 33.1 Å². The van der Waals surface area contributed by atoms with Crippen LogP contribution in [0.25, 0.3) is 0 Å². The molecule has 0 bridgehead atoms. The van der Waals surface area contributed by atoms with E-state index in [1.807, 2.05) is 0 Å². The standard InChI is InChI=1S/C20H38O5.2C18H37.Sn/c1-3-5-7-9-11-13-15-24-19(22)17-18(21)20(23)25-16-14-12-10-8-6-4-2;2*1-3-5-7-9-11-13-15-17-18-16-14-12-10-8-6-4-2;/h18,21H,3-17H2,1-2H3;2*1,3-18H2,2H3;. The smallest absolute Gasteiger partial charge is 0.466 e. The minimum atomic E-state index is -1.42. The van der Waals surface area contributed by atoms with Crippen LogP contribution in [0.15, 0.2) is 0 Å². The number of hydrogen-bond donors (Lipinski definition) is 1. The minimum Gasteiger partial charge on any atom is -0.466 e. The summed E-state index contributed by atoms with van der Waals surface area (Å²) in [6.07, 6.45) is 59.4. The van der Waals surface area contributed by atoms with E-state index in [0.29, 0.717) is 13.2 Å². The van der Waals surface area contributed by atoms with Gasteiger partial charge in [-0.1, -0.05) is 156 Å². The number of unbranched alkanes of at least 4 members (excludes halogenated alkanes) is 40. The SMILES string of the molecule is CCCCCCCCCCCCCCCCC[CH2][Sn][CH2]CCCCCCCCCCCCCCCCC.CCCCCCCCOC(=O)CC(O)C(=O)OCCCCCCCC. The molecule has 62 heavy (non-hydrogen) atoms. The van der Waals surface area contributed by atoms with Crippen molar-refractivity contribution in [2.45, 2.75) is 332 Å². The summed E-state index contributed by atoms with van der Waals surface area (Å²) in [6.45, 7) is 9.61. The molecule has 0 aromatic carbocycles. The van der Waals surface area contributed by atoms with Gasteiger partial charge in [-0.25, -0.2) is 4.79 Å². The molecule has 0 aromatic heterocycles. The molecule has 0 heterocycles. The van der Waals surface area contributed by atoms with E-state index in [2.05, 4.69) is 27.7 Å². The molecular formula is C56H112O5Sn. The van der Waals surface area contributed by atoms with Gasteiger partial charge in [-0.05, 0) is 12.8 Å². The average Bonchev–Trinajstić information content (AvgIpc) is 3.27. The number of esters is 2. The van der Waals surface area contributed by atoms with E-state index in [9.17, 15) is 14.7 Å². The number of ether oxygens (including phenoxy) is 2. The Balaban J connectivity index is 0. The first-order valence-corrected chi connectivity index (χ1v) is 32.3. The van der Waals surface area contributed by atoms with E-state index in [1.54, 1.807) is 21.7 Å². The number of hydrogen-bond acceptors (Lipinski definition) is 5.